The van der Waals surface area contributed by atoms with Gasteiger partial charge in [0.15, 0.2) is 0 Å². The van der Waals surface area contributed by atoms with Crippen LogP contribution in [0.5, 0.6) is 0 Å². The molecule has 0 aliphatic carbocycles. The van der Waals surface area contributed by atoms with Gasteiger partial charge in [0.2, 0.25) is 0 Å². The molecule has 0 aromatic heterocycles. The summed E-state index contributed by atoms with van der Waals surface area (Å²) in [5, 5.41) is 1.76. The number of rotatable bonds is 5. The van der Waals surface area contributed by atoms with E-state index in [1.54, 1.807) is 18.3 Å². The molecule has 0 unspecified atom stereocenters. The fourth-order valence-electron chi connectivity index (χ4n) is 1.34. The van der Waals surface area contributed by atoms with Crippen molar-refractivity contribution in [2.75, 3.05) is 12.0 Å². The molecule has 0 atom stereocenters. The summed E-state index contributed by atoms with van der Waals surface area (Å²) in [6.07, 6.45) is -3.84. The van der Waals surface area contributed by atoms with Gasteiger partial charge in [0.1, 0.15) is 0 Å². The minimum absolute atomic E-state index is 0.00701. The predicted molar refractivity (Wildman–Crippen MR) is 62.3 cm³/mol. The van der Waals surface area contributed by atoms with E-state index in [2.05, 4.69) is 5.43 Å². The molecular weight excluding hydrogens is 266 g/mol. The topological polar surface area (TPSA) is 67.1 Å². The zero-order chi connectivity index (χ0) is 14.6. The first-order chi connectivity index (χ1) is 8.77. The monoisotopic (exact) mass is 279 g/mol. The third-order valence-electron chi connectivity index (χ3n) is 2.38. The van der Waals surface area contributed by atoms with Crippen LogP contribution in [0, 0.1) is 6.92 Å². The van der Waals surface area contributed by atoms with Gasteiger partial charge in [-0.25, -0.2) is 8.78 Å². The number of carbonyl (C=O) groups is 1. The zero-order valence-electron chi connectivity index (χ0n) is 10.0. The summed E-state index contributed by atoms with van der Waals surface area (Å²) < 4.78 is 49.2. The molecule has 0 heterocycles. The lowest BCUT2D eigenvalue weighted by Gasteiger charge is -2.16. The normalized spacial score (nSPS) is 11.5. The number of aryl methyl sites for hydroxylation is 1. The number of halogens is 4. The van der Waals surface area contributed by atoms with E-state index in [1.807, 2.05) is 0 Å². The van der Waals surface area contributed by atoms with E-state index in [0.29, 0.717) is 5.56 Å². The van der Waals surface area contributed by atoms with Crippen molar-refractivity contribution in [3.63, 3.8) is 0 Å². The molecule has 0 saturated carbocycles. The van der Waals surface area contributed by atoms with Gasteiger partial charge in [-0.15, -0.1) is 0 Å². The fraction of sp³-hybridized carbons (Fsp3) is 0.364. The molecule has 0 bridgehead atoms. The molecule has 0 aliphatic heterocycles. The lowest BCUT2D eigenvalue weighted by Crippen LogP contribution is -2.41. The number of nitrogens with two attached hydrogens (primary N) is 1. The SMILES string of the molecule is Cc1ccc(NN)c(C(=O)NCC(F)(F)C(F)F)c1. The Morgan fingerprint density at radius 1 is 1.42 bits per heavy atom. The number of hydrazine groups is 1. The summed E-state index contributed by atoms with van der Waals surface area (Å²) in [4.78, 5) is 11.7. The third kappa shape index (κ3) is 3.82. The Bertz CT molecular complexity index is 465. The van der Waals surface area contributed by atoms with Gasteiger partial charge in [0.25, 0.3) is 5.91 Å². The highest BCUT2D eigenvalue weighted by Crippen LogP contribution is 2.22. The standard InChI is InChI=1S/C11H13F4N3O/c1-6-2-3-8(18-16)7(4-6)9(19)17-5-11(14,15)10(12)13/h2-4,10,18H,5,16H2,1H3,(H,17,19). The van der Waals surface area contributed by atoms with Gasteiger partial charge in [-0.3, -0.25) is 10.6 Å². The van der Waals surface area contributed by atoms with Crippen LogP contribution >= 0.6 is 0 Å². The Balaban J connectivity index is 2.82. The first-order valence-electron chi connectivity index (χ1n) is 5.29. The minimum atomic E-state index is -4.27. The van der Waals surface area contributed by atoms with Gasteiger partial charge in [0, 0.05) is 0 Å². The van der Waals surface area contributed by atoms with Crippen molar-refractivity contribution in [3.05, 3.63) is 29.3 Å². The van der Waals surface area contributed by atoms with Crippen LogP contribution in [0.4, 0.5) is 23.2 Å². The average molecular weight is 279 g/mol. The highest BCUT2D eigenvalue weighted by atomic mass is 19.3. The van der Waals surface area contributed by atoms with Crippen molar-refractivity contribution in [3.8, 4) is 0 Å². The number of nitrogen functional groups attached to an aromatic ring is 1. The lowest BCUT2D eigenvalue weighted by molar-refractivity contribution is -0.123. The Morgan fingerprint density at radius 2 is 2.05 bits per heavy atom. The van der Waals surface area contributed by atoms with E-state index >= 15 is 0 Å². The van der Waals surface area contributed by atoms with Crippen molar-refractivity contribution in [1.82, 2.24) is 5.32 Å². The zero-order valence-corrected chi connectivity index (χ0v) is 10.0. The van der Waals surface area contributed by atoms with Crippen molar-refractivity contribution in [1.29, 1.82) is 0 Å². The van der Waals surface area contributed by atoms with Crippen LogP contribution in [0.1, 0.15) is 15.9 Å². The second-order valence-corrected chi connectivity index (χ2v) is 3.94. The number of hydrogen-bond donors (Lipinski definition) is 3. The summed E-state index contributed by atoms with van der Waals surface area (Å²) in [6.45, 7) is 0.242. The minimum Gasteiger partial charge on any atom is -0.346 e. The van der Waals surface area contributed by atoms with Crippen LogP contribution in [0.3, 0.4) is 0 Å². The fourth-order valence-corrected chi connectivity index (χ4v) is 1.34. The summed E-state index contributed by atoms with van der Waals surface area (Å²) in [6, 6.07) is 4.54. The van der Waals surface area contributed by atoms with Gasteiger partial charge >= 0.3 is 12.3 Å². The second-order valence-electron chi connectivity index (χ2n) is 3.94. The van der Waals surface area contributed by atoms with Crippen LogP contribution in [0.25, 0.3) is 0 Å². The van der Waals surface area contributed by atoms with E-state index < -0.39 is 24.8 Å². The molecular formula is C11H13F4N3O. The van der Waals surface area contributed by atoms with E-state index in [-0.39, 0.29) is 11.3 Å². The molecule has 0 aliphatic rings. The maximum Gasteiger partial charge on any atom is 0.324 e. The summed E-state index contributed by atoms with van der Waals surface area (Å²) in [5.41, 5.74) is 3.14. The second kappa shape index (κ2) is 5.87. The van der Waals surface area contributed by atoms with Crippen molar-refractivity contribution >= 4 is 11.6 Å². The first-order valence-corrected chi connectivity index (χ1v) is 5.29. The van der Waals surface area contributed by atoms with Crippen molar-refractivity contribution < 1.29 is 22.4 Å². The average Bonchev–Trinajstić information content (AvgIpc) is 2.35. The molecule has 19 heavy (non-hydrogen) atoms. The number of hydrogen-bond acceptors (Lipinski definition) is 3. The molecule has 1 aromatic carbocycles. The van der Waals surface area contributed by atoms with Crippen LogP contribution in [-0.4, -0.2) is 24.8 Å². The summed E-state index contributed by atoms with van der Waals surface area (Å²) >= 11 is 0. The third-order valence-corrected chi connectivity index (χ3v) is 2.38. The van der Waals surface area contributed by atoms with Gasteiger partial charge in [-0.1, -0.05) is 11.6 Å². The van der Waals surface area contributed by atoms with Crippen LogP contribution in [-0.2, 0) is 0 Å². The van der Waals surface area contributed by atoms with E-state index in [1.165, 1.54) is 12.1 Å². The van der Waals surface area contributed by atoms with E-state index in [0.717, 1.165) is 0 Å². The molecule has 4 N–H and O–H groups in total. The maximum absolute atomic E-state index is 12.7. The first kappa shape index (κ1) is 15.2. The van der Waals surface area contributed by atoms with E-state index in [4.69, 9.17) is 5.84 Å². The highest BCUT2D eigenvalue weighted by molar-refractivity contribution is 5.99. The number of benzene rings is 1. The molecule has 0 saturated heterocycles. The molecule has 0 spiro atoms. The van der Waals surface area contributed by atoms with Gasteiger partial charge in [0.05, 0.1) is 17.8 Å². The molecule has 8 heteroatoms. The number of carbonyl (C=O) groups excluding carboxylic acids is 1. The number of alkyl halides is 4. The summed E-state index contributed by atoms with van der Waals surface area (Å²) in [5.74, 6) is -0.00311. The molecule has 1 aromatic rings. The number of anilines is 1. The molecule has 1 amide bonds. The molecule has 1 rings (SSSR count). The van der Waals surface area contributed by atoms with Crippen LogP contribution in [0.2, 0.25) is 0 Å². The Labute approximate surface area is 106 Å². The Kier molecular flexibility index (Phi) is 4.71. The van der Waals surface area contributed by atoms with Crippen molar-refractivity contribution in [2.45, 2.75) is 19.3 Å². The van der Waals surface area contributed by atoms with E-state index in [9.17, 15) is 22.4 Å². The Morgan fingerprint density at radius 3 is 2.58 bits per heavy atom. The molecule has 0 radical (unpaired) electrons. The van der Waals surface area contributed by atoms with Gasteiger partial charge < -0.3 is 10.7 Å². The number of amides is 1. The quantitative estimate of drug-likeness (QED) is 0.438. The van der Waals surface area contributed by atoms with Crippen molar-refractivity contribution in [2.24, 2.45) is 5.84 Å². The number of nitrogens with one attached hydrogen (secondary N) is 2. The predicted octanol–water partition coefficient (Wildman–Crippen LogP) is 1.91. The van der Waals surface area contributed by atoms with Crippen LogP contribution < -0.4 is 16.6 Å². The van der Waals surface area contributed by atoms with Gasteiger partial charge in [-0.05, 0) is 19.1 Å². The lowest BCUT2D eigenvalue weighted by atomic mass is 10.1. The van der Waals surface area contributed by atoms with Crippen LogP contribution in [0.15, 0.2) is 18.2 Å². The molecule has 0 fully saturated rings. The molecule has 106 valence electrons. The van der Waals surface area contributed by atoms with Gasteiger partial charge in [-0.2, -0.15) is 8.78 Å². The Hall–Kier alpha value is -1.83. The highest BCUT2D eigenvalue weighted by Gasteiger charge is 2.40. The summed E-state index contributed by atoms with van der Waals surface area (Å²) in [7, 11) is 0. The smallest absolute Gasteiger partial charge is 0.324 e. The molecule has 4 nitrogen and oxygen atoms in total. The maximum atomic E-state index is 12.7. The largest absolute Gasteiger partial charge is 0.346 e.